The van der Waals surface area contributed by atoms with Gasteiger partial charge < -0.3 is 14.0 Å². The number of ether oxygens (including phenoxy) is 2. The Morgan fingerprint density at radius 2 is 2.40 bits per heavy atom. The summed E-state index contributed by atoms with van der Waals surface area (Å²) in [6.45, 7) is 1.89. The molecular formula is C13H15Cl2N3O2. The standard InChI is InChI=1S/C13H15Cl2N3O2/c1-19-13(2-3-20-8-13)7-18-11(5-14)17-10-4-9(15)6-16-12(10)18/h4,6H,2-3,5,7-8H2,1H3. The van der Waals surface area contributed by atoms with Crippen molar-refractivity contribution in [3.63, 3.8) is 0 Å². The first-order valence-electron chi connectivity index (χ1n) is 6.37. The lowest BCUT2D eigenvalue weighted by Crippen LogP contribution is -2.37. The van der Waals surface area contributed by atoms with Crippen molar-refractivity contribution >= 4 is 34.4 Å². The Morgan fingerprint density at radius 3 is 3.05 bits per heavy atom. The van der Waals surface area contributed by atoms with Crippen LogP contribution in [0, 0.1) is 0 Å². The number of alkyl halides is 1. The first-order chi connectivity index (χ1) is 9.67. The van der Waals surface area contributed by atoms with Crippen LogP contribution in [0.1, 0.15) is 12.2 Å². The van der Waals surface area contributed by atoms with Crippen LogP contribution in [0.2, 0.25) is 5.02 Å². The molecule has 1 fully saturated rings. The van der Waals surface area contributed by atoms with Crippen LogP contribution in [0.3, 0.4) is 0 Å². The summed E-state index contributed by atoms with van der Waals surface area (Å²) in [7, 11) is 1.71. The van der Waals surface area contributed by atoms with Crippen molar-refractivity contribution in [2.75, 3.05) is 20.3 Å². The van der Waals surface area contributed by atoms with Gasteiger partial charge in [0.15, 0.2) is 5.65 Å². The van der Waals surface area contributed by atoms with Gasteiger partial charge in [-0.25, -0.2) is 9.97 Å². The molecule has 3 heterocycles. The Morgan fingerprint density at radius 1 is 1.55 bits per heavy atom. The molecule has 5 nitrogen and oxygen atoms in total. The highest BCUT2D eigenvalue weighted by molar-refractivity contribution is 6.31. The van der Waals surface area contributed by atoms with Crippen LogP contribution in [0.25, 0.3) is 11.2 Å². The number of hydrogen-bond acceptors (Lipinski definition) is 4. The highest BCUT2D eigenvalue weighted by Crippen LogP contribution is 2.28. The Bertz CT molecular complexity index is 623. The molecule has 2 aromatic heterocycles. The van der Waals surface area contributed by atoms with Gasteiger partial charge in [-0.05, 0) is 6.07 Å². The number of nitrogens with zero attached hydrogens (tertiary/aromatic N) is 3. The van der Waals surface area contributed by atoms with Gasteiger partial charge in [0.1, 0.15) is 16.9 Å². The molecule has 0 radical (unpaired) electrons. The summed E-state index contributed by atoms with van der Waals surface area (Å²) in [6.07, 6.45) is 2.46. The third kappa shape index (κ3) is 2.39. The molecule has 0 N–H and O–H groups in total. The second kappa shape index (κ2) is 5.48. The van der Waals surface area contributed by atoms with Gasteiger partial charge in [0.25, 0.3) is 0 Å². The van der Waals surface area contributed by atoms with Crippen LogP contribution in [0.5, 0.6) is 0 Å². The highest BCUT2D eigenvalue weighted by atomic mass is 35.5. The lowest BCUT2D eigenvalue weighted by atomic mass is 10.0. The summed E-state index contributed by atoms with van der Waals surface area (Å²) in [5, 5.41) is 0.564. The van der Waals surface area contributed by atoms with Crippen molar-refractivity contribution in [2.45, 2.75) is 24.4 Å². The maximum atomic E-state index is 6.00. The van der Waals surface area contributed by atoms with E-state index in [2.05, 4.69) is 9.97 Å². The number of aromatic nitrogens is 3. The lowest BCUT2D eigenvalue weighted by molar-refractivity contribution is -0.0292. The minimum atomic E-state index is -0.338. The Labute approximate surface area is 126 Å². The molecule has 108 valence electrons. The molecule has 0 aromatic carbocycles. The molecule has 0 saturated carbocycles. The van der Waals surface area contributed by atoms with E-state index in [4.69, 9.17) is 32.7 Å². The third-order valence-electron chi connectivity index (χ3n) is 3.70. The van der Waals surface area contributed by atoms with E-state index in [1.807, 2.05) is 4.57 Å². The zero-order valence-electron chi connectivity index (χ0n) is 11.1. The van der Waals surface area contributed by atoms with Crippen molar-refractivity contribution in [1.82, 2.24) is 14.5 Å². The molecule has 1 unspecified atom stereocenters. The Kier molecular flexibility index (Phi) is 3.86. The minimum Gasteiger partial charge on any atom is -0.378 e. The molecule has 7 heteroatoms. The molecule has 0 amide bonds. The molecule has 20 heavy (non-hydrogen) atoms. The number of halogens is 2. The average molecular weight is 316 g/mol. The summed E-state index contributed by atoms with van der Waals surface area (Å²) < 4.78 is 13.1. The molecule has 0 bridgehead atoms. The zero-order valence-corrected chi connectivity index (χ0v) is 12.6. The summed E-state index contributed by atoms with van der Waals surface area (Å²) in [4.78, 5) is 8.86. The van der Waals surface area contributed by atoms with Crippen LogP contribution in [0.15, 0.2) is 12.3 Å². The van der Waals surface area contributed by atoms with Crippen molar-refractivity contribution in [3.8, 4) is 0 Å². The molecule has 1 aliphatic heterocycles. The van der Waals surface area contributed by atoms with Crippen LogP contribution in [-0.4, -0.2) is 40.5 Å². The monoisotopic (exact) mass is 315 g/mol. The molecule has 2 aromatic rings. The molecule has 1 saturated heterocycles. The summed E-state index contributed by atoms with van der Waals surface area (Å²) >= 11 is 12.0. The number of hydrogen-bond donors (Lipinski definition) is 0. The normalized spacial score (nSPS) is 22.8. The van der Waals surface area contributed by atoms with Gasteiger partial charge in [0.2, 0.25) is 0 Å². The van der Waals surface area contributed by atoms with E-state index in [-0.39, 0.29) is 5.60 Å². The fraction of sp³-hybridized carbons (Fsp3) is 0.538. The Hall–Kier alpha value is -0.880. The fourth-order valence-corrected chi connectivity index (χ4v) is 2.88. The summed E-state index contributed by atoms with van der Waals surface area (Å²) in [6, 6.07) is 1.79. The predicted molar refractivity (Wildman–Crippen MR) is 77.3 cm³/mol. The number of rotatable bonds is 4. The maximum absolute atomic E-state index is 6.00. The molecule has 0 spiro atoms. The predicted octanol–water partition coefficient (Wildman–Crippen LogP) is 2.63. The fourth-order valence-electron chi connectivity index (χ4n) is 2.53. The van der Waals surface area contributed by atoms with E-state index in [9.17, 15) is 0 Å². The molecule has 1 atom stereocenters. The summed E-state index contributed by atoms with van der Waals surface area (Å²) in [5.41, 5.74) is 1.18. The summed E-state index contributed by atoms with van der Waals surface area (Å²) in [5.74, 6) is 1.08. The number of fused-ring (bicyclic) bond motifs is 1. The van der Waals surface area contributed by atoms with Crippen LogP contribution in [-0.2, 0) is 21.9 Å². The van der Waals surface area contributed by atoms with Crippen molar-refractivity contribution in [1.29, 1.82) is 0 Å². The van der Waals surface area contributed by atoms with Gasteiger partial charge in [-0.15, -0.1) is 11.6 Å². The number of pyridine rings is 1. The van der Waals surface area contributed by atoms with Gasteiger partial charge in [0.05, 0.1) is 24.1 Å². The second-order valence-corrected chi connectivity index (χ2v) is 5.64. The van der Waals surface area contributed by atoms with E-state index in [1.165, 1.54) is 0 Å². The van der Waals surface area contributed by atoms with Gasteiger partial charge in [0, 0.05) is 26.3 Å². The number of methoxy groups -OCH3 is 1. The minimum absolute atomic E-state index is 0.314. The van der Waals surface area contributed by atoms with E-state index in [0.29, 0.717) is 30.7 Å². The van der Waals surface area contributed by atoms with Crippen LogP contribution >= 0.6 is 23.2 Å². The smallest absolute Gasteiger partial charge is 0.160 e. The maximum Gasteiger partial charge on any atom is 0.160 e. The molecule has 0 aliphatic carbocycles. The SMILES string of the molecule is COC1(Cn2c(CCl)nc3cc(Cl)cnc32)CCOC1. The lowest BCUT2D eigenvalue weighted by Gasteiger charge is -2.26. The van der Waals surface area contributed by atoms with Crippen molar-refractivity contribution in [3.05, 3.63) is 23.1 Å². The first kappa shape index (κ1) is 14.1. The molecule has 1 aliphatic rings. The molecule has 3 rings (SSSR count). The first-order valence-corrected chi connectivity index (χ1v) is 7.28. The van der Waals surface area contributed by atoms with E-state index < -0.39 is 0 Å². The topological polar surface area (TPSA) is 49.2 Å². The van der Waals surface area contributed by atoms with Gasteiger partial charge in [-0.1, -0.05) is 11.6 Å². The Balaban J connectivity index is 2.05. The average Bonchev–Trinajstić information content (AvgIpc) is 3.04. The van der Waals surface area contributed by atoms with Crippen molar-refractivity contribution < 1.29 is 9.47 Å². The molecular weight excluding hydrogens is 301 g/mol. The van der Waals surface area contributed by atoms with E-state index in [1.54, 1.807) is 19.4 Å². The van der Waals surface area contributed by atoms with Gasteiger partial charge in [-0.3, -0.25) is 0 Å². The quantitative estimate of drug-likeness (QED) is 0.814. The van der Waals surface area contributed by atoms with Gasteiger partial charge in [-0.2, -0.15) is 0 Å². The van der Waals surface area contributed by atoms with Crippen LogP contribution in [0.4, 0.5) is 0 Å². The van der Waals surface area contributed by atoms with Crippen molar-refractivity contribution in [2.24, 2.45) is 0 Å². The third-order valence-corrected chi connectivity index (χ3v) is 4.14. The highest BCUT2D eigenvalue weighted by Gasteiger charge is 2.36. The second-order valence-electron chi connectivity index (χ2n) is 4.93. The van der Waals surface area contributed by atoms with E-state index in [0.717, 1.165) is 23.4 Å². The van der Waals surface area contributed by atoms with Crippen LogP contribution < -0.4 is 0 Å². The largest absolute Gasteiger partial charge is 0.378 e. The zero-order chi connectivity index (χ0) is 14.2. The van der Waals surface area contributed by atoms with E-state index >= 15 is 0 Å². The van der Waals surface area contributed by atoms with Gasteiger partial charge >= 0.3 is 0 Å². The number of imidazole rings is 1.